The lowest BCUT2D eigenvalue weighted by Gasteiger charge is -2.15. The predicted octanol–water partition coefficient (Wildman–Crippen LogP) is 1.81. The molecule has 6 nitrogen and oxygen atoms in total. The molecule has 114 valence electrons. The molecular weight excluding hydrogens is 270 g/mol. The Kier molecular flexibility index (Phi) is 4.77. The van der Waals surface area contributed by atoms with Crippen molar-refractivity contribution in [1.82, 2.24) is 10.3 Å². The van der Waals surface area contributed by atoms with Gasteiger partial charge < -0.3 is 15.7 Å². The minimum atomic E-state index is -0.993. The van der Waals surface area contributed by atoms with Crippen LogP contribution in [0.2, 0.25) is 0 Å². The molecule has 1 atom stereocenters. The minimum Gasteiger partial charge on any atom is -0.478 e. The molecule has 1 saturated carbocycles. The van der Waals surface area contributed by atoms with Crippen LogP contribution in [-0.4, -0.2) is 34.1 Å². The fraction of sp³-hybridized carbons (Fsp3) is 0.533. The van der Waals surface area contributed by atoms with Crippen LogP contribution in [0.5, 0.6) is 0 Å². The van der Waals surface area contributed by atoms with Gasteiger partial charge in [0, 0.05) is 11.7 Å². The SMILES string of the molecule is CCCc1cc(C(=O)O)cc(NC(C)C(=O)NC2CC2)n1. The number of hydrogen-bond donors (Lipinski definition) is 3. The lowest BCUT2D eigenvalue weighted by atomic mass is 10.1. The van der Waals surface area contributed by atoms with Crippen molar-refractivity contribution in [2.24, 2.45) is 0 Å². The number of rotatable bonds is 7. The van der Waals surface area contributed by atoms with Gasteiger partial charge in [0.25, 0.3) is 0 Å². The summed E-state index contributed by atoms with van der Waals surface area (Å²) in [5.41, 5.74) is 0.903. The molecule has 0 saturated heterocycles. The quantitative estimate of drug-likeness (QED) is 0.712. The summed E-state index contributed by atoms with van der Waals surface area (Å²) in [5, 5.41) is 15.0. The Morgan fingerprint density at radius 3 is 2.71 bits per heavy atom. The molecule has 0 spiro atoms. The Morgan fingerprint density at radius 2 is 2.14 bits per heavy atom. The summed E-state index contributed by atoms with van der Waals surface area (Å²) < 4.78 is 0. The minimum absolute atomic E-state index is 0.0860. The zero-order valence-corrected chi connectivity index (χ0v) is 12.3. The van der Waals surface area contributed by atoms with E-state index in [1.54, 1.807) is 13.0 Å². The van der Waals surface area contributed by atoms with Crippen molar-refractivity contribution < 1.29 is 14.7 Å². The fourth-order valence-corrected chi connectivity index (χ4v) is 2.01. The highest BCUT2D eigenvalue weighted by Gasteiger charge is 2.25. The number of carbonyl (C=O) groups excluding carboxylic acids is 1. The monoisotopic (exact) mass is 291 g/mol. The van der Waals surface area contributed by atoms with Crippen LogP contribution in [0.4, 0.5) is 5.82 Å². The summed E-state index contributed by atoms with van der Waals surface area (Å²) in [6, 6.07) is 2.89. The Hall–Kier alpha value is -2.11. The smallest absolute Gasteiger partial charge is 0.335 e. The van der Waals surface area contributed by atoms with Gasteiger partial charge in [0.2, 0.25) is 5.91 Å². The van der Waals surface area contributed by atoms with Crippen LogP contribution in [0, 0.1) is 0 Å². The van der Waals surface area contributed by atoms with Gasteiger partial charge in [-0.15, -0.1) is 0 Å². The first-order chi connectivity index (χ1) is 9.99. The third-order valence-corrected chi connectivity index (χ3v) is 3.31. The first-order valence-electron chi connectivity index (χ1n) is 7.30. The van der Waals surface area contributed by atoms with E-state index in [1.165, 1.54) is 6.07 Å². The largest absolute Gasteiger partial charge is 0.478 e. The van der Waals surface area contributed by atoms with Gasteiger partial charge in [0.05, 0.1) is 5.56 Å². The number of carboxylic acids is 1. The van der Waals surface area contributed by atoms with E-state index >= 15 is 0 Å². The third kappa shape index (κ3) is 4.44. The van der Waals surface area contributed by atoms with E-state index in [-0.39, 0.29) is 11.5 Å². The number of pyridine rings is 1. The second kappa shape index (κ2) is 6.56. The van der Waals surface area contributed by atoms with E-state index < -0.39 is 12.0 Å². The predicted molar refractivity (Wildman–Crippen MR) is 79.4 cm³/mol. The summed E-state index contributed by atoms with van der Waals surface area (Å²) in [6.07, 6.45) is 3.66. The Balaban J connectivity index is 2.09. The van der Waals surface area contributed by atoms with Gasteiger partial charge in [-0.3, -0.25) is 4.79 Å². The number of carbonyl (C=O) groups is 2. The lowest BCUT2D eigenvalue weighted by Crippen LogP contribution is -2.38. The highest BCUT2D eigenvalue weighted by molar-refractivity contribution is 5.89. The lowest BCUT2D eigenvalue weighted by molar-refractivity contribution is -0.121. The molecule has 1 fully saturated rings. The van der Waals surface area contributed by atoms with Crippen molar-refractivity contribution >= 4 is 17.7 Å². The number of aromatic carboxylic acids is 1. The molecule has 1 aliphatic rings. The van der Waals surface area contributed by atoms with E-state index in [0.29, 0.717) is 18.3 Å². The number of amides is 1. The Bertz CT molecular complexity index is 541. The van der Waals surface area contributed by atoms with E-state index in [1.807, 2.05) is 6.92 Å². The first kappa shape index (κ1) is 15.3. The second-order valence-electron chi connectivity index (χ2n) is 5.44. The highest BCUT2D eigenvalue weighted by atomic mass is 16.4. The van der Waals surface area contributed by atoms with E-state index in [2.05, 4.69) is 15.6 Å². The van der Waals surface area contributed by atoms with E-state index in [9.17, 15) is 9.59 Å². The summed E-state index contributed by atoms with van der Waals surface area (Å²) in [5.74, 6) is -0.651. The molecule has 3 N–H and O–H groups in total. The maximum absolute atomic E-state index is 11.9. The van der Waals surface area contributed by atoms with Crippen LogP contribution in [0.3, 0.4) is 0 Å². The van der Waals surface area contributed by atoms with Gasteiger partial charge in [-0.1, -0.05) is 13.3 Å². The molecule has 1 unspecified atom stereocenters. The average Bonchev–Trinajstić information content (AvgIpc) is 3.22. The Labute approximate surface area is 124 Å². The van der Waals surface area contributed by atoms with Gasteiger partial charge in [0.15, 0.2) is 0 Å². The topological polar surface area (TPSA) is 91.3 Å². The fourth-order valence-electron chi connectivity index (χ4n) is 2.01. The average molecular weight is 291 g/mol. The number of nitrogens with zero attached hydrogens (tertiary/aromatic N) is 1. The van der Waals surface area contributed by atoms with E-state index in [0.717, 1.165) is 25.0 Å². The number of nitrogens with one attached hydrogen (secondary N) is 2. The van der Waals surface area contributed by atoms with Gasteiger partial charge >= 0.3 is 5.97 Å². The second-order valence-corrected chi connectivity index (χ2v) is 5.44. The highest BCUT2D eigenvalue weighted by Crippen LogP contribution is 2.19. The van der Waals surface area contributed by atoms with Crippen molar-refractivity contribution in [3.63, 3.8) is 0 Å². The van der Waals surface area contributed by atoms with Gasteiger partial charge in [-0.05, 0) is 38.3 Å². The number of aromatic nitrogens is 1. The van der Waals surface area contributed by atoms with Gasteiger partial charge in [-0.25, -0.2) is 9.78 Å². The summed E-state index contributed by atoms with van der Waals surface area (Å²) in [7, 11) is 0. The maximum Gasteiger partial charge on any atom is 0.335 e. The van der Waals surface area contributed by atoms with Crippen molar-refractivity contribution in [1.29, 1.82) is 0 Å². The molecule has 0 radical (unpaired) electrons. The molecule has 1 aliphatic carbocycles. The van der Waals surface area contributed by atoms with Crippen molar-refractivity contribution in [3.8, 4) is 0 Å². The maximum atomic E-state index is 11.9. The molecule has 1 heterocycles. The van der Waals surface area contributed by atoms with Crippen LogP contribution in [-0.2, 0) is 11.2 Å². The van der Waals surface area contributed by atoms with Gasteiger partial charge in [-0.2, -0.15) is 0 Å². The summed E-state index contributed by atoms with van der Waals surface area (Å²) in [6.45, 7) is 3.75. The molecule has 0 aromatic carbocycles. The van der Waals surface area contributed by atoms with Crippen LogP contribution in [0.25, 0.3) is 0 Å². The molecule has 21 heavy (non-hydrogen) atoms. The normalized spacial score (nSPS) is 15.3. The molecule has 0 aliphatic heterocycles. The van der Waals surface area contributed by atoms with Crippen LogP contribution < -0.4 is 10.6 Å². The van der Waals surface area contributed by atoms with Crippen LogP contribution in [0.15, 0.2) is 12.1 Å². The van der Waals surface area contributed by atoms with Crippen LogP contribution >= 0.6 is 0 Å². The summed E-state index contributed by atoms with van der Waals surface area (Å²) in [4.78, 5) is 27.4. The molecular formula is C15H21N3O3. The molecule has 0 bridgehead atoms. The Morgan fingerprint density at radius 1 is 1.43 bits per heavy atom. The van der Waals surface area contributed by atoms with Crippen molar-refractivity contribution in [3.05, 3.63) is 23.4 Å². The molecule has 1 aromatic heterocycles. The molecule has 2 rings (SSSR count). The number of anilines is 1. The standard InChI is InChI=1S/C15H21N3O3/c1-3-4-12-7-10(15(20)21)8-13(17-12)16-9(2)14(19)18-11-5-6-11/h7-9,11H,3-6H2,1-2H3,(H,16,17)(H,18,19)(H,20,21). The first-order valence-corrected chi connectivity index (χ1v) is 7.30. The molecule has 1 amide bonds. The zero-order chi connectivity index (χ0) is 15.4. The van der Waals surface area contributed by atoms with Crippen molar-refractivity contribution in [2.75, 3.05) is 5.32 Å². The number of aryl methyl sites for hydroxylation is 1. The third-order valence-electron chi connectivity index (χ3n) is 3.31. The summed E-state index contributed by atoms with van der Waals surface area (Å²) >= 11 is 0. The zero-order valence-electron chi connectivity index (χ0n) is 12.3. The van der Waals surface area contributed by atoms with Crippen LogP contribution in [0.1, 0.15) is 49.2 Å². The number of carboxylic acid groups (broad SMARTS) is 1. The van der Waals surface area contributed by atoms with Crippen molar-refractivity contribution in [2.45, 2.75) is 51.6 Å². The molecule has 1 aromatic rings. The van der Waals surface area contributed by atoms with Gasteiger partial charge in [0.1, 0.15) is 11.9 Å². The molecule has 6 heteroatoms. The number of hydrogen-bond acceptors (Lipinski definition) is 4. The van der Waals surface area contributed by atoms with E-state index in [4.69, 9.17) is 5.11 Å².